The third kappa shape index (κ3) is 4.79. The Morgan fingerprint density at radius 2 is 0.860 bits per heavy atom. The van der Waals surface area contributed by atoms with E-state index in [1.807, 2.05) is 0 Å². The number of hydrogen-bond donors (Lipinski definition) is 0. The summed E-state index contributed by atoms with van der Waals surface area (Å²) in [5.41, 5.74) is 15.3. The maximum absolute atomic E-state index is 2.50. The first-order valence-corrected chi connectivity index (χ1v) is 19.6. The van der Waals surface area contributed by atoms with E-state index in [1.54, 1.807) is 0 Å². The smallest absolute Gasteiger partial charge is 0.0621 e. The van der Waals surface area contributed by atoms with Crippen LogP contribution in [-0.2, 0) is 0 Å². The van der Waals surface area contributed by atoms with Crippen molar-refractivity contribution < 1.29 is 0 Å². The molecule has 57 heavy (non-hydrogen) atoms. The maximum atomic E-state index is 2.50. The number of nitrogens with zero attached hydrogens (tertiary/aromatic N) is 3. The van der Waals surface area contributed by atoms with E-state index in [1.165, 1.54) is 82.2 Å². The topological polar surface area (TPSA) is 12.6 Å². The summed E-state index contributed by atoms with van der Waals surface area (Å²) in [6.45, 7) is 0. The van der Waals surface area contributed by atoms with Gasteiger partial charge in [0.25, 0.3) is 0 Å². The van der Waals surface area contributed by atoms with Gasteiger partial charge in [-0.05, 0) is 95.1 Å². The zero-order chi connectivity index (χ0) is 37.5. The van der Waals surface area contributed by atoms with Gasteiger partial charge in [0.1, 0.15) is 0 Å². The van der Waals surface area contributed by atoms with Crippen LogP contribution in [0.4, 0.5) is 17.1 Å². The lowest BCUT2D eigenvalue weighted by Gasteiger charge is -2.28. The molecule has 0 aliphatic carbocycles. The Morgan fingerprint density at radius 1 is 0.316 bits per heavy atom. The molecular weight excluding hydrogens is 691 g/mol. The van der Waals surface area contributed by atoms with Crippen molar-refractivity contribution in [2.24, 2.45) is 0 Å². The molecule has 9 aromatic carbocycles. The van der Waals surface area contributed by atoms with E-state index in [2.05, 4.69) is 226 Å². The molecule has 0 N–H and O–H groups in total. The molecule has 12 aromatic rings. The highest BCUT2D eigenvalue weighted by Gasteiger charge is 2.24. The minimum absolute atomic E-state index is 1.10. The molecule has 0 aliphatic rings. The van der Waals surface area contributed by atoms with Crippen molar-refractivity contribution in [2.75, 3.05) is 4.90 Å². The van der Waals surface area contributed by atoms with Crippen molar-refractivity contribution in [1.29, 1.82) is 0 Å². The predicted octanol–water partition coefficient (Wildman–Crippen LogP) is 14.7. The summed E-state index contributed by atoms with van der Waals surface area (Å²) >= 11 is 0. The van der Waals surface area contributed by atoms with Crippen molar-refractivity contribution in [3.8, 4) is 27.9 Å². The average Bonchev–Trinajstić information content (AvgIpc) is 3.93. The fraction of sp³-hybridized carbons (Fsp3) is 0. The Hall–Kier alpha value is -7.62. The van der Waals surface area contributed by atoms with Gasteiger partial charge in [-0.3, -0.25) is 0 Å². The fourth-order valence-electron chi connectivity index (χ4n) is 9.36. The molecule has 3 aromatic heterocycles. The first-order valence-electron chi connectivity index (χ1n) is 19.6. The van der Waals surface area contributed by atoms with E-state index in [-0.39, 0.29) is 0 Å². The summed E-state index contributed by atoms with van der Waals surface area (Å²) in [6, 6.07) is 77.5. The van der Waals surface area contributed by atoms with Crippen molar-refractivity contribution in [2.45, 2.75) is 0 Å². The Morgan fingerprint density at radius 3 is 1.58 bits per heavy atom. The van der Waals surface area contributed by atoms with Crippen LogP contribution in [-0.4, -0.2) is 8.97 Å². The quantitative estimate of drug-likeness (QED) is 0.166. The Balaban J connectivity index is 1.19. The third-order valence-corrected chi connectivity index (χ3v) is 11.8. The van der Waals surface area contributed by atoms with Crippen LogP contribution in [0, 0.1) is 0 Å². The Bertz CT molecular complexity index is 3390. The van der Waals surface area contributed by atoms with Crippen LogP contribution in [0.5, 0.6) is 0 Å². The first-order chi connectivity index (χ1) is 28.3. The Kier molecular flexibility index (Phi) is 6.93. The molecule has 0 atom stereocenters. The van der Waals surface area contributed by atoms with Crippen LogP contribution in [0.1, 0.15) is 0 Å². The van der Waals surface area contributed by atoms with Gasteiger partial charge in [0.05, 0.1) is 33.3 Å². The number of benzene rings is 9. The van der Waals surface area contributed by atoms with Crippen LogP contribution < -0.4 is 4.90 Å². The number of aromatic nitrogens is 2. The molecule has 0 radical (unpaired) electrons. The predicted molar refractivity (Wildman–Crippen MR) is 241 cm³/mol. The number of anilines is 3. The molecule has 3 heterocycles. The summed E-state index contributed by atoms with van der Waals surface area (Å²) in [4.78, 5) is 2.50. The second kappa shape index (κ2) is 12.5. The molecule has 12 rings (SSSR count). The van der Waals surface area contributed by atoms with Gasteiger partial charge >= 0.3 is 0 Å². The van der Waals surface area contributed by atoms with Gasteiger partial charge < -0.3 is 13.9 Å². The SMILES string of the molecule is c1ccc(-c2cc(-c3ccccc3)cc(N(c3ccc4c(c3)c3ccccc3n4-c3ccccc3)c3cccc4c3c3cccc5c6ccccc6n4c53)c2)cc1. The molecule has 0 amide bonds. The van der Waals surface area contributed by atoms with Gasteiger partial charge in [-0.15, -0.1) is 0 Å². The number of fused-ring (bicyclic) bond motifs is 9. The van der Waals surface area contributed by atoms with Crippen molar-refractivity contribution in [3.63, 3.8) is 0 Å². The molecule has 0 aliphatic heterocycles. The minimum atomic E-state index is 1.10. The van der Waals surface area contributed by atoms with E-state index in [9.17, 15) is 0 Å². The fourth-order valence-corrected chi connectivity index (χ4v) is 9.36. The summed E-state index contributed by atoms with van der Waals surface area (Å²) < 4.78 is 4.87. The molecule has 3 heteroatoms. The van der Waals surface area contributed by atoms with Gasteiger partial charge in [0.2, 0.25) is 0 Å². The van der Waals surface area contributed by atoms with E-state index in [0.29, 0.717) is 0 Å². The van der Waals surface area contributed by atoms with Crippen molar-refractivity contribution >= 4 is 77.0 Å². The monoisotopic (exact) mass is 725 g/mol. The maximum Gasteiger partial charge on any atom is 0.0621 e. The lowest BCUT2D eigenvalue weighted by atomic mass is 9.97. The largest absolute Gasteiger partial charge is 0.310 e. The highest BCUT2D eigenvalue weighted by Crippen LogP contribution is 2.48. The van der Waals surface area contributed by atoms with Crippen LogP contribution in [0.3, 0.4) is 0 Å². The van der Waals surface area contributed by atoms with Crippen molar-refractivity contribution in [1.82, 2.24) is 8.97 Å². The first kappa shape index (κ1) is 31.7. The zero-order valence-electron chi connectivity index (χ0n) is 31.0. The van der Waals surface area contributed by atoms with E-state index < -0.39 is 0 Å². The molecule has 0 saturated heterocycles. The minimum Gasteiger partial charge on any atom is -0.310 e. The molecular formula is C54H35N3. The molecule has 3 nitrogen and oxygen atoms in total. The van der Waals surface area contributed by atoms with Gasteiger partial charge in [-0.2, -0.15) is 0 Å². The second-order valence-corrected chi connectivity index (χ2v) is 15.0. The standard InChI is InChI=1S/C54H35N3/c1-4-16-36(17-5-1)38-32-39(37-18-6-2-7-19-37)34-42(33-38)55(41-30-31-50-47(35-41)44-23-11-12-26-48(44)56(50)40-20-8-3-9-21-40)51-28-15-29-52-53(51)46-25-14-24-45-43-22-10-13-27-49(43)57(52)54(45)46/h1-35H. The normalized spacial score (nSPS) is 11.9. The average molecular weight is 726 g/mol. The molecule has 0 saturated carbocycles. The summed E-state index contributed by atoms with van der Waals surface area (Å²) in [5.74, 6) is 0. The van der Waals surface area contributed by atoms with E-state index in [0.717, 1.165) is 22.7 Å². The number of para-hydroxylation sites is 4. The Labute approximate surface area is 329 Å². The summed E-state index contributed by atoms with van der Waals surface area (Å²) in [6.07, 6.45) is 0. The molecule has 0 fully saturated rings. The number of hydrogen-bond acceptors (Lipinski definition) is 1. The second-order valence-electron chi connectivity index (χ2n) is 15.0. The van der Waals surface area contributed by atoms with E-state index in [4.69, 9.17) is 0 Å². The molecule has 0 spiro atoms. The lowest BCUT2D eigenvalue weighted by molar-refractivity contribution is 1.18. The van der Waals surface area contributed by atoms with Crippen LogP contribution >= 0.6 is 0 Å². The van der Waals surface area contributed by atoms with E-state index >= 15 is 0 Å². The van der Waals surface area contributed by atoms with Gasteiger partial charge in [-0.1, -0.05) is 140 Å². The molecule has 266 valence electrons. The van der Waals surface area contributed by atoms with Gasteiger partial charge in [0, 0.05) is 49.4 Å². The summed E-state index contributed by atoms with van der Waals surface area (Å²) in [7, 11) is 0. The van der Waals surface area contributed by atoms with Crippen LogP contribution in [0.2, 0.25) is 0 Å². The summed E-state index contributed by atoms with van der Waals surface area (Å²) in [5, 5.41) is 7.50. The molecule has 0 unspecified atom stereocenters. The van der Waals surface area contributed by atoms with Crippen molar-refractivity contribution in [3.05, 3.63) is 212 Å². The van der Waals surface area contributed by atoms with Gasteiger partial charge in [0.15, 0.2) is 0 Å². The van der Waals surface area contributed by atoms with Crippen LogP contribution in [0.25, 0.3) is 87.8 Å². The molecule has 0 bridgehead atoms. The number of rotatable bonds is 6. The lowest BCUT2D eigenvalue weighted by Crippen LogP contribution is -2.11. The highest BCUT2D eigenvalue weighted by molar-refractivity contribution is 6.26. The van der Waals surface area contributed by atoms with Gasteiger partial charge in [-0.25, -0.2) is 0 Å². The van der Waals surface area contributed by atoms with Crippen LogP contribution in [0.15, 0.2) is 212 Å². The third-order valence-electron chi connectivity index (χ3n) is 11.8. The highest BCUT2D eigenvalue weighted by atomic mass is 15.1. The zero-order valence-corrected chi connectivity index (χ0v) is 31.0.